The Kier molecular flexibility index (Phi) is 50.8. The largest absolute Gasteiger partial charge is 0.463 e. The minimum Gasteiger partial charge on any atom is -0.463 e. The minimum absolute atomic E-state index is 0.0153. The molecule has 7 N–H and O–H groups in total. The molecule has 3 aliphatic heterocycles. The number of carbonyl (C=O) groups excluding carboxylic acids is 16. The molecule has 3 heterocycles. The van der Waals surface area contributed by atoms with Crippen LogP contribution in [0.4, 0.5) is 0 Å². The van der Waals surface area contributed by atoms with Crippen LogP contribution in [-0.2, 0) is 171 Å². The van der Waals surface area contributed by atoms with E-state index >= 15 is 0 Å². The van der Waals surface area contributed by atoms with Crippen LogP contribution >= 0.6 is 8.53 Å². The lowest BCUT2D eigenvalue weighted by Gasteiger charge is -2.48. The Morgan fingerprint density at radius 1 is 0.465 bits per heavy atom. The van der Waals surface area contributed by atoms with E-state index in [1.54, 1.807) is 0 Å². The molecule has 1 aliphatic carbocycles. The highest BCUT2D eigenvalue weighted by atomic mass is 31.2. The summed E-state index contributed by atoms with van der Waals surface area (Å²) in [5.74, 6) is -11.7. The van der Waals surface area contributed by atoms with Gasteiger partial charge in [0.25, 0.3) is 8.53 Å². The number of hydrogen-bond acceptors (Lipinski definition) is 39. The lowest BCUT2D eigenvalue weighted by atomic mass is 9.87. The Hall–Kier alpha value is -9.08. The average molecular weight is 1840 g/mol. The third-order valence-electron chi connectivity index (χ3n) is 19.1. The molecule has 0 aromatic heterocycles. The predicted octanol–water partition coefficient (Wildman–Crippen LogP) is -0.787. The molecule has 127 heavy (non-hydrogen) atoms. The fourth-order valence-corrected chi connectivity index (χ4v) is 15.9. The fourth-order valence-electron chi connectivity index (χ4n) is 14.1. The SMILES string of the molecule is CC(=O)NC1C(OCCOCCNC(=O)CN(CC(=O)NCCOCCOC2(NC(C)=O)COC(COC(C)=O)C(OC(C)=O)C2OC(C)=O)C(CCCCNC(=O)C2CCC(OP(OCCC#N)N(C(C)C)C(C)C)CC2)C(=O)NCCOCCOC2OC(COC(C)=O)C(OC(C)=O)C(OC(C)=O)C2NC(C)=O)OC(COC(C)=O)C(OC(C)=O)C1OC(C)=O. The molecule has 0 bridgehead atoms. The molecule has 16 atom stereocenters. The van der Waals surface area contributed by atoms with Gasteiger partial charge in [0, 0.05) is 127 Å². The first-order valence-corrected chi connectivity index (χ1v) is 43.2. The predicted molar refractivity (Wildman–Crippen MR) is 436 cm³/mol. The summed E-state index contributed by atoms with van der Waals surface area (Å²) < 4.78 is 117. The second-order valence-corrected chi connectivity index (χ2v) is 31.9. The molecule has 0 radical (unpaired) electrons. The van der Waals surface area contributed by atoms with Crippen LogP contribution in [0.25, 0.3) is 0 Å². The maximum Gasteiger partial charge on any atom is 0.303 e. The molecule has 46 nitrogen and oxygen atoms in total. The van der Waals surface area contributed by atoms with Gasteiger partial charge in [0.05, 0.1) is 110 Å². The second kappa shape index (κ2) is 58.5. The normalized spacial score (nSPS) is 24.4. The molecule has 4 rings (SSSR count). The molecule has 47 heteroatoms. The van der Waals surface area contributed by atoms with Crippen molar-refractivity contribution in [3.8, 4) is 6.07 Å². The summed E-state index contributed by atoms with van der Waals surface area (Å²) >= 11 is 0. The van der Waals surface area contributed by atoms with E-state index < -0.39 is 229 Å². The zero-order valence-corrected chi connectivity index (χ0v) is 76.1. The molecule has 3 saturated heterocycles. The van der Waals surface area contributed by atoms with Crippen LogP contribution in [0, 0.1) is 17.2 Å². The Bertz CT molecular complexity index is 3600. The summed E-state index contributed by atoms with van der Waals surface area (Å²) in [6.07, 6.45) is -12.5. The number of carbonyl (C=O) groups is 16. The van der Waals surface area contributed by atoms with Crippen LogP contribution in [0.5, 0.6) is 0 Å². The molecular weight excluding hydrogens is 1710 g/mol. The van der Waals surface area contributed by atoms with Crippen molar-refractivity contribution in [1.29, 1.82) is 5.26 Å². The van der Waals surface area contributed by atoms with Crippen molar-refractivity contribution in [2.75, 3.05) is 132 Å². The van der Waals surface area contributed by atoms with Crippen molar-refractivity contribution in [3.05, 3.63) is 0 Å². The van der Waals surface area contributed by atoms with Gasteiger partial charge in [0.2, 0.25) is 47.1 Å². The summed E-state index contributed by atoms with van der Waals surface area (Å²) in [6, 6.07) is -1.56. The lowest BCUT2D eigenvalue weighted by Crippen LogP contribution is -2.72. The van der Waals surface area contributed by atoms with E-state index in [1.807, 2.05) is 27.7 Å². The molecule has 720 valence electrons. The topological polar surface area (TPSA) is 572 Å². The maximum atomic E-state index is 14.9. The quantitative estimate of drug-likeness (QED) is 0.0129. The average Bonchev–Trinajstić information content (AvgIpc) is 0.773. The molecule has 4 aliphatic rings. The standard InChI is InChI=1S/C80H129N10O36P/c1-46(2)90(47(3)4)127(117-30-19-25-81)126-61-23-21-60(22-24-61)76(105)84-26-18-17-20-62(77(106)85-29-33-108-35-38-111-79-69(87-49(6)92)74(122-58(15)101)71(119-55(12)98)65(125-79)44-114-53(10)96)89(40-66(103)82-27-31-107-34-37-110-78-68(86-48(5)91)73(121-57(14)100)70(118-54(11)97)64(124-78)43-113-52(9)95)41-67(104)83-28-32-109-36-39-116-80(88-50(7)93)45-115-63(42-112-51(8)94)72(120-56(13)99)75(80)123-59(16)102/h46-47,60-65,68-75,78-79H,17-24,26-45H2,1-16H3,(H,82,103)(H,83,104)(H,84,105)(H,85,106)(H,86,91)(H,87,92)(H,88,93). The third kappa shape index (κ3) is 41.5. The second-order valence-electron chi connectivity index (χ2n) is 30.5. The van der Waals surface area contributed by atoms with Gasteiger partial charge in [-0.1, -0.05) is 0 Å². The number of amides is 7. The molecular formula is C80H129N10O36P. The zero-order chi connectivity index (χ0) is 94.5. The van der Waals surface area contributed by atoms with Crippen LogP contribution in [0.3, 0.4) is 0 Å². The van der Waals surface area contributed by atoms with Crippen LogP contribution in [-0.4, -0.2) is 346 Å². The molecule has 1 saturated carbocycles. The number of esters is 9. The third-order valence-corrected chi connectivity index (χ3v) is 21.3. The summed E-state index contributed by atoms with van der Waals surface area (Å²) in [7, 11) is -1.51. The maximum absolute atomic E-state index is 14.9. The number of hydrogen-bond donors (Lipinski definition) is 7. The summed E-state index contributed by atoms with van der Waals surface area (Å²) in [5, 5.41) is 28.3. The number of unbranched alkanes of at least 4 members (excludes halogenated alkanes) is 1. The molecule has 0 aromatic carbocycles. The van der Waals surface area contributed by atoms with Gasteiger partial charge in [-0.3, -0.25) is 81.6 Å². The Morgan fingerprint density at radius 2 is 0.898 bits per heavy atom. The molecule has 16 unspecified atom stereocenters. The van der Waals surface area contributed by atoms with Crippen LogP contribution in [0.15, 0.2) is 0 Å². The first kappa shape index (κ1) is 110. The Balaban J connectivity index is 1.61. The van der Waals surface area contributed by atoms with Crippen molar-refractivity contribution in [3.63, 3.8) is 0 Å². The highest BCUT2D eigenvalue weighted by Gasteiger charge is 2.58. The number of rotatable bonds is 56. The molecule has 0 aromatic rings. The lowest BCUT2D eigenvalue weighted by molar-refractivity contribution is -0.279. The number of nitriles is 1. The van der Waals surface area contributed by atoms with Gasteiger partial charge in [-0.05, 0) is 72.6 Å². The zero-order valence-electron chi connectivity index (χ0n) is 75.2. The fraction of sp³-hybridized carbons (Fsp3) is 0.787. The van der Waals surface area contributed by atoms with Crippen LogP contribution < -0.4 is 37.2 Å². The van der Waals surface area contributed by atoms with Crippen molar-refractivity contribution >= 4 is 104 Å². The first-order valence-electron chi connectivity index (χ1n) is 42.0. The van der Waals surface area contributed by atoms with E-state index in [-0.39, 0.29) is 142 Å². The van der Waals surface area contributed by atoms with E-state index in [0.29, 0.717) is 32.1 Å². The minimum atomic E-state index is -2.00. The summed E-state index contributed by atoms with van der Waals surface area (Å²) in [6.45, 7) is 16.2. The number of nitrogens with zero attached hydrogens (tertiary/aromatic N) is 3. The van der Waals surface area contributed by atoms with Gasteiger partial charge in [-0.15, -0.1) is 0 Å². The van der Waals surface area contributed by atoms with Crippen LogP contribution in [0.1, 0.15) is 162 Å². The number of ether oxygens (including phenoxy) is 18. The first-order chi connectivity index (χ1) is 60.1. The van der Waals surface area contributed by atoms with Gasteiger partial charge in [0.1, 0.15) is 50.2 Å². The molecule has 4 fully saturated rings. The monoisotopic (exact) mass is 1840 g/mol. The molecule has 0 spiro atoms. The van der Waals surface area contributed by atoms with Gasteiger partial charge in [0.15, 0.2) is 49.2 Å². The Labute approximate surface area is 739 Å². The van der Waals surface area contributed by atoms with Gasteiger partial charge >= 0.3 is 53.7 Å². The summed E-state index contributed by atoms with van der Waals surface area (Å²) in [5.41, 5.74) is -2.00. The van der Waals surface area contributed by atoms with Crippen molar-refractivity contribution in [1.82, 2.24) is 46.8 Å². The smallest absolute Gasteiger partial charge is 0.303 e. The Morgan fingerprint density at radius 3 is 1.32 bits per heavy atom. The highest BCUT2D eigenvalue weighted by molar-refractivity contribution is 7.44. The van der Waals surface area contributed by atoms with E-state index in [2.05, 4.69) is 48.0 Å². The van der Waals surface area contributed by atoms with Gasteiger partial charge in [-0.25, -0.2) is 4.67 Å². The molecule has 7 amide bonds. The van der Waals surface area contributed by atoms with Crippen molar-refractivity contribution < 1.29 is 171 Å². The van der Waals surface area contributed by atoms with Crippen LogP contribution in [0.2, 0.25) is 0 Å². The van der Waals surface area contributed by atoms with E-state index in [9.17, 15) is 82.0 Å². The van der Waals surface area contributed by atoms with Crippen molar-refractivity contribution in [2.24, 2.45) is 5.92 Å². The number of nitrogens with one attached hydrogen (secondary N) is 7. The summed E-state index contributed by atoms with van der Waals surface area (Å²) in [4.78, 5) is 207. The van der Waals surface area contributed by atoms with E-state index in [4.69, 9.17) is 94.3 Å². The van der Waals surface area contributed by atoms with E-state index in [1.165, 1.54) is 18.7 Å². The van der Waals surface area contributed by atoms with Gasteiger partial charge < -0.3 is 132 Å². The highest BCUT2D eigenvalue weighted by Crippen LogP contribution is 2.49. The van der Waals surface area contributed by atoms with E-state index in [0.717, 1.165) is 69.2 Å². The van der Waals surface area contributed by atoms with Crippen molar-refractivity contribution in [2.45, 2.75) is 272 Å². The van der Waals surface area contributed by atoms with Gasteiger partial charge in [-0.2, -0.15) is 5.26 Å².